The highest BCUT2D eigenvalue weighted by atomic mass is 35.5. The van der Waals surface area contributed by atoms with Crippen LogP contribution in [0.4, 0.5) is 0 Å². The topological polar surface area (TPSA) is 49.4 Å². The molecule has 0 heterocycles. The molecule has 3 aromatic rings. The number of hydrogen-bond donors (Lipinski definition) is 1. The molecule has 1 atom stereocenters. The SMILES string of the molecule is CC(C)(C)NC(=O)[C@@H](Cc1ccccc1)N(Cc1ccc(Cl)c(Cl)c1)C(=O)CSCc1ccccc1. The highest BCUT2D eigenvalue weighted by Gasteiger charge is 2.32. The molecule has 3 aromatic carbocycles. The third-order valence-corrected chi connectivity index (χ3v) is 7.17. The molecule has 0 radical (unpaired) electrons. The molecule has 0 aliphatic carbocycles. The van der Waals surface area contributed by atoms with Gasteiger partial charge in [-0.2, -0.15) is 0 Å². The van der Waals surface area contributed by atoms with Gasteiger partial charge in [-0.15, -0.1) is 11.8 Å². The molecule has 2 amide bonds. The molecule has 190 valence electrons. The smallest absolute Gasteiger partial charge is 0.243 e. The fourth-order valence-electron chi connectivity index (χ4n) is 3.75. The first-order valence-corrected chi connectivity index (χ1v) is 13.7. The van der Waals surface area contributed by atoms with Gasteiger partial charge in [0.05, 0.1) is 15.8 Å². The van der Waals surface area contributed by atoms with Crippen molar-refractivity contribution in [2.24, 2.45) is 0 Å². The monoisotopic (exact) mass is 542 g/mol. The summed E-state index contributed by atoms with van der Waals surface area (Å²) in [5.74, 6) is 0.675. The third-order valence-electron chi connectivity index (χ3n) is 5.44. The number of amides is 2. The summed E-state index contributed by atoms with van der Waals surface area (Å²) in [7, 11) is 0. The van der Waals surface area contributed by atoms with Crippen LogP contribution in [0, 0.1) is 0 Å². The average Bonchev–Trinajstić information content (AvgIpc) is 2.83. The van der Waals surface area contributed by atoms with Crippen molar-refractivity contribution in [2.45, 2.75) is 51.1 Å². The number of rotatable bonds is 10. The van der Waals surface area contributed by atoms with Gasteiger partial charge in [-0.1, -0.05) is 89.9 Å². The molecule has 0 aromatic heterocycles. The van der Waals surface area contributed by atoms with Gasteiger partial charge in [-0.3, -0.25) is 9.59 Å². The van der Waals surface area contributed by atoms with Gasteiger partial charge < -0.3 is 10.2 Å². The van der Waals surface area contributed by atoms with Crippen LogP contribution in [-0.2, 0) is 28.3 Å². The number of halogens is 2. The summed E-state index contributed by atoms with van der Waals surface area (Å²) in [5.41, 5.74) is 2.51. The zero-order chi connectivity index (χ0) is 26.1. The van der Waals surface area contributed by atoms with E-state index in [1.54, 1.807) is 17.0 Å². The van der Waals surface area contributed by atoms with E-state index in [1.807, 2.05) is 87.5 Å². The first-order chi connectivity index (χ1) is 17.1. The molecule has 3 rings (SSSR count). The lowest BCUT2D eigenvalue weighted by molar-refractivity contribution is -0.140. The van der Waals surface area contributed by atoms with E-state index in [0.717, 1.165) is 16.7 Å². The van der Waals surface area contributed by atoms with E-state index in [1.165, 1.54) is 11.8 Å². The summed E-state index contributed by atoms with van der Waals surface area (Å²) in [6, 6.07) is 24.4. The molecule has 0 aliphatic heterocycles. The summed E-state index contributed by atoms with van der Waals surface area (Å²) in [6.07, 6.45) is 0.402. The number of benzene rings is 3. The summed E-state index contributed by atoms with van der Waals surface area (Å²) in [6.45, 7) is 6.05. The molecular weight excluding hydrogens is 511 g/mol. The predicted molar refractivity (Wildman–Crippen MR) is 151 cm³/mol. The van der Waals surface area contributed by atoms with E-state index in [-0.39, 0.29) is 24.1 Å². The molecule has 1 N–H and O–H groups in total. The Labute approximate surface area is 228 Å². The third kappa shape index (κ3) is 8.88. The molecule has 7 heteroatoms. The summed E-state index contributed by atoms with van der Waals surface area (Å²) in [5, 5.41) is 3.94. The van der Waals surface area contributed by atoms with E-state index in [0.29, 0.717) is 22.2 Å². The highest BCUT2D eigenvalue weighted by molar-refractivity contribution is 7.99. The zero-order valence-electron chi connectivity index (χ0n) is 20.8. The van der Waals surface area contributed by atoms with Gasteiger partial charge in [0.25, 0.3) is 0 Å². The normalized spacial score (nSPS) is 12.1. The van der Waals surface area contributed by atoms with Gasteiger partial charge in [0, 0.05) is 24.3 Å². The van der Waals surface area contributed by atoms with Crippen LogP contribution in [0.1, 0.15) is 37.5 Å². The lowest BCUT2D eigenvalue weighted by Crippen LogP contribution is -2.54. The van der Waals surface area contributed by atoms with Crippen LogP contribution in [0.3, 0.4) is 0 Å². The molecule has 0 bridgehead atoms. The van der Waals surface area contributed by atoms with Crippen molar-refractivity contribution < 1.29 is 9.59 Å². The van der Waals surface area contributed by atoms with E-state index < -0.39 is 11.6 Å². The molecule has 0 saturated heterocycles. The van der Waals surface area contributed by atoms with Crippen LogP contribution < -0.4 is 5.32 Å². The van der Waals surface area contributed by atoms with Crippen molar-refractivity contribution >= 4 is 46.8 Å². The molecule has 0 spiro atoms. The second-order valence-electron chi connectivity index (χ2n) is 9.69. The Balaban J connectivity index is 1.89. The number of nitrogens with one attached hydrogen (secondary N) is 1. The van der Waals surface area contributed by atoms with Gasteiger partial charge in [-0.05, 0) is 49.6 Å². The fraction of sp³-hybridized carbons (Fsp3) is 0.310. The average molecular weight is 544 g/mol. The lowest BCUT2D eigenvalue weighted by Gasteiger charge is -2.34. The molecule has 0 unspecified atom stereocenters. The summed E-state index contributed by atoms with van der Waals surface area (Å²) < 4.78 is 0. The standard InChI is InChI=1S/C29H32Cl2N2O2S/c1-29(2,3)32-28(35)26(17-21-10-6-4-7-11-21)33(18-23-14-15-24(30)25(31)16-23)27(34)20-36-19-22-12-8-5-9-13-22/h4-16,26H,17-20H2,1-3H3,(H,32,35)/t26-/m1/s1. The first-order valence-electron chi connectivity index (χ1n) is 11.8. The van der Waals surface area contributed by atoms with Crippen molar-refractivity contribution in [3.63, 3.8) is 0 Å². The maximum Gasteiger partial charge on any atom is 0.243 e. The largest absolute Gasteiger partial charge is 0.350 e. The van der Waals surface area contributed by atoms with Gasteiger partial charge in [0.2, 0.25) is 11.8 Å². The van der Waals surface area contributed by atoms with Gasteiger partial charge in [0.1, 0.15) is 6.04 Å². The number of nitrogens with zero attached hydrogens (tertiary/aromatic N) is 1. The Morgan fingerprint density at radius 1 is 0.861 bits per heavy atom. The minimum absolute atomic E-state index is 0.105. The van der Waals surface area contributed by atoms with Gasteiger partial charge in [0.15, 0.2) is 0 Å². The lowest BCUT2D eigenvalue weighted by atomic mass is 10.0. The van der Waals surface area contributed by atoms with Gasteiger partial charge in [-0.25, -0.2) is 0 Å². The van der Waals surface area contributed by atoms with E-state index in [9.17, 15) is 9.59 Å². The summed E-state index contributed by atoms with van der Waals surface area (Å²) in [4.78, 5) is 28.9. The maximum atomic E-state index is 13.7. The first kappa shape index (κ1) is 28.1. The van der Waals surface area contributed by atoms with Crippen LogP contribution in [0.5, 0.6) is 0 Å². The van der Waals surface area contributed by atoms with Crippen LogP contribution in [-0.4, -0.2) is 34.0 Å². The van der Waals surface area contributed by atoms with Crippen LogP contribution in [0.15, 0.2) is 78.9 Å². The van der Waals surface area contributed by atoms with Crippen LogP contribution >= 0.6 is 35.0 Å². The Morgan fingerprint density at radius 3 is 2.06 bits per heavy atom. The number of hydrogen-bond acceptors (Lipinski definition) is 3. The minimum Gasteiger partial charge on any atom is -0.350 e. The van der Waals surface area contributed by atoms with Crippen molar-refractivity contribution in [1.82, 2.24) is 10.2 Å². The van der Waals surface area contributed by atoms with E-state index >= 15 is 0 Å². The highest BCUT2D eigenvalue weighted by Crippen LogP contribution is 2.25. The van der Waals surface area contributed by atoms with Crippen LogP contribution in [0.2, 0.25) is 10.0 Å². The molecule has 36 heavy (non-hydrogen) atoms. The molecule has 0 fully saturated rings. The van der Waals surface area contributed by atoms with Crippen LogP contribution in [0.25, 0.3) is 0 Å². The summed E-state index contributed by atoms with van der Waals surface area (Å²) >= 11 is 13.9. The zero-order valence-corrected chi connectivity index (χ0v) is 23.2. The minimum atomic E-state index is -0.689. The van der Waals surface area contributed by atoms with Crippen molar-refractivity contribution in [3.05, 3.63) is 106 Å². The Kier molecular flexibility index (Phi) is 10.3. The second-order valence-corrected chi connectivity index (χ2v) is 11.5. The molecule has 4 nitrogen and oxygen atoms in total. The Hall–Kier alpha value is -2.47. The molecule has 0 saturated carbocycles. The molecular formula is C29H32Cl2N2O2S. The second kappa shape index (κ2) is 13.2. The fourth-order valence-corrected chi connectivity index (χ4v) is 4.95. The molecule has 0 aliphatic rings. The van der Waals surface area contributed by atoms with E-state index in [2.05, 4.69) is 5.32 Å². The predicted octanol–water partition coefficient (Wildman–Crippen LogP) is 6.78. The Bertz CT molecular complexity index is 1150. The van der Waals surface area contributed by atoms with Gasteiger partial charge >= 0.3 is 0 Å². The van der Waals surface area contributed by atoms with Crippen molar-refractivity contribution in [2.75, 3.05) is 5.75 Å². The Morgan fingerprint density at radius 2 is 1.47 bits per heavy atom. The van der Waals surface area contributed by atoms with Crippen molar-refractivity contribution in [3.8, 4) is 0 Å². The maximum absolute atomic E-state index is 13.7. The van der Waals surface area contributed by atoms with E-state index in [4.69, 9.17) is 23.2 Å². The number of carbonyl (C=O) groups is 2. The quantitative estimate of drug-likeness (QED) is 0.307. The number of thioether (sulfide) groups is 1. The number of carbonyl (C=O) groups excluding carboxylic acids is 2. The van der Waals surface area contributed by atoms with Crippen molar-refractivity contribution in [1.29, 1.82) is 0 Å².